The summed E-state index contributed by atoms with van der Waals surface area (Å²) in [5.74, 6) is -2.25. The molecule has 0 radical (unpaired) electrons. The first kappa shape index (κ1) is 32.5. The van der Waals surface area contributed by atoms with Crippen molar-refractivity contribution >= 4 is 30.0 Å². The Bertz CT molecular complexity index is 681. The maximum atomic E-state index is 12.8. The molecule has 3 N–H and O–H groups in total. The van der Waals surface area contributed by atoms with Crippen LogP contribution in [-0.4, -0.2) is 49.9 Å². The molecule has 0 rings (SSSR count). The first-order valence-electron chi connectivity index (χ1n) is 12.8. The predicted octanol–water partition coefficient (Wildman–Crippen LogP) is 4.20. The zero-order valence-electron chi connectivity index (χ0n) is 22.2. The first-order valence-corrected chi connectivity index (χ1v) is 12.8. The largest absolute Gasteiger partial charge is 0.462 e. The Kier molecular flexibility index (Phi) is 16.7. The minimum absolute atomic E-state index is 0.00247. The van der Waals surface area contributed by atoms with Crippen LogP contribution in [-0.2, 0) is 33.4 Å². The summed E-state index contributed by atoms with van der Waals surface area (Å²) >= 11 is 0. The van der Waals surface area contributed by atoms with E-state index in [-0.39, 0.29) is 55.5 Å². The fourth-order valence-electron chi connectivity index (χ4n) is 3.79. The molecule has 3 atom stereocenters. The van der Waals surface area contributed by atoms with Gasteiger partial charge in [-0.3, -0.25) is 19.2 Å². The van der Waals surface area contributed by atoms with E-state index in [9.17, 15) is 19.2 Å². The molecule has 0 saturated carbocycles. The number of rotatable bonds is 20. The Morgan fingerprint density at radius 3 is 1.97 bits per heavy atom. The summed E-state index contributed by atoms with van der Waals surface area (Å²) in [5.41, 5.74) is 4.81. The van der Waals surface area contributed by atoms with Crippen LogP contribution in [0.4, 0.5) is 0 Å². The van der Waals surface area contributed by atoms with Crippen LogP contribution in [0.2, 0.25) is 0 Å². The molecular formula is C26H46N2O7. The van der Waals surface area contributed by atoms with Crippen LogP contribution < -0.4 is 5.73 Å². The van der Waals surface area contributed by atoms with Gasteiger partial charge in [0.15, 0.2) is 0 Å². The average molecular weight is 499 g/mol. The highest BCUT2D eigenvalue weighted by atomic mass is 16.6. The molecule has 0 aromatic carbocycles. The second-order valence-electron chi connectivity index (χ2n) is 9.61. The Morgan fingerprint density at radius 2 is 1.46 bits per heavy atom. The van der Waals surface area contributed by atoms with Crippen LogP contribution in [0, 0.1) is 28.6 Å². The molecule has 0 saturated heterocycles. The van der Waals surface area contributed by atoms with Gasteiger partial charge in [0.1, 0.15) is 19.8 Å². The topological polar surface area (TPSA) is 146 Å². The highest BCUT2D eigenvalue weighted by Crippen LogP contribution is 2.32. The van der Waals surface area contributed by atoms with Crippen LogP contribution in [0.5, 0.6) is 0 Å². The molecule has 0 bridgehead atoms. The summed E-state index contributed by atoms with van der Waals surface area (Å²) in [4.78, 5) is 48.4. The Morgan fingerprint density at radius 1 is 0.886 bits per heavy atom. The normalized spacial score (nSPS) is 14.5. The van der Waals surface area contributed by atoms with E-state index in [1.165, 1.54) is 0 Å². The number of carbonyl (C=O) groups is 4. The molecule has 9 nitrogen and oxygen atoms in total. The number of esters is 3. The monoisotopic (exact) mass is 498 g/mol. The minimum Gasteiger partial charge on any atom is -0.462 e. The summed E-state index contributed by atoms with van der Waals surface area (Å²) in [7, 11) is 0. The van der Waals surface area contributed by atoms with Gasteiger partial charge in [-0.15, -0.1) is 0 Å². The van der Waals surface area contributed by atoms with E-state index >= 15 is 0 Å². The van der Waals surface area contributed by atoms with Crippen LogP contribution in [0.3, 0.4) is 0 Å². The van der Waals surface area contributed by atoms with Gasteiger partial charge in [-0.1, -0.05) is 47.0 Å². The second kappa shape index (κ2) is 17.9. The fraction of sp³-hybridized carbons (Fsp3) is 0.808. The number of nitrogens with two attached hydrogens (primary N) is 1. The van der Waals surface area contributed by atoms with Gasteiger partial charge >= 0.3 is 17.9 Å². The van der Waals surface area contributed by atoms with Gasteiger partial charge < -0.3 is 25.4 Å². The molecular weight excluding hydrogens is 452 g/mol. The van der Waals surface area contributed by atoms with Crippen molar-refractivity contribution in [3.63, 3.8) is 0 Å². The van der Waals surface area contributed by atoms with Crippen molar-refractivity contribution in [2.75, 3.05) is 19.8 Å². The molecule has 0 aliphatic heterocycles. The molecule has 0 spiro atoms. The third kappa shape index (κ3) is 13.3. The highest BCUT2D eigenvalue weighted by molar-refractivity contribution is 5.78. The Hall–Kier alpha value is -2.45. The van der Waals surface area contributed by atoms with E-state index < -0.39 is 11.3 Å². The third-order valence-electron chi connectivity index (χ3n) is 6.37. The van der Waals surface area contributed by atoms with Crippen LogP contribution in [0.15, 0.2) is 0 Å². The number of nitrogens with one attached hydrogen (secondary N) is 1. The number of ether oxygens (including phenoxy) is 3. The minimum atomic E-state index is -0.694. The zero-order chi connectivity index (χ0) is 26.9. The van der Waals surface area contributed by atoms with Crippen LogP contribution >= 0.6 is 0 Å². The lowest BCUT2D eigenvalue weighted by atomic mass is 9.81. The van der Waals surface area contributed by atoms with Crippen molar-refractivity contribution in [2.45, 2.75) is 92.4 Å². The van der Waals surface area contributed by atoms with E-state index in [0.717, 1.165) is 19.1 Å². The van der Waals surface area contributed by atoms with E-state index in [4.69, 9.17) is 25.4 Å². The summed E-state index contributed by atoms with van der Waals surface area (Å²) < 4.78 is 15.6. The molecule has 9 heteroatoms. The van der Waals surface area contributed by atoms with Gasteiger partial charge in [0, 0.05) is 12.1 Å². The molecule has 3 unspecified atom stereocenters. The highest BCUT2D eigenvalue weighted by Gasteiger charge is 2.33. The molecule has 0 aromatic rings. The first-order chi connectivity index (χ1) is 16.5. The average Bonchev–Trinajstić information content (AvgIpc) is 2.82. The van der Waals surface area contributed by atoms with Crippen molar-refractivity contribution in [3.05, 3.63) is 0 Å². The Labute approximate surface area is 210 Å². The Balaban J connectivity index is 5.00. The molecule has 1 amide bonds. The third-order valence-corrected chi connectivity index (χ3v) is 6.37. The summed E-state index contributed by atoms with van der Waals surface area (Å²) in [6.45, 7) is 9.13. The molecule has 0 fully saturated rings. The number of amides is 1. The van der Waals surface area contributed by atoms with Gasteiger partial charge in [-0.05, 0) is 45.4 Å². The summed E-state index contributed by atoms with van der Waals surface area (Å²) in [6, 6.07) is 0. The maximum Gasteiger partial charge on any atom is 0.312 e. The lowest BCUT2D eigenvalue weighted by molar-refractivity contribution is -0.157. The van der Waals surface area contributed by atoms with Gasteiger partial charge in [0.25, 0.3) is 0 Å². The van der Waals surface area contributed by atoms with Crippen LogP contribution in [0.1, 0.15) is 92.4 Å². The molecule has 0 aliphatic rings. The van der Waals surface area contributed by atoms with Crippen LogP contribution in [0.25, 0.3) is 0 Å². The standard InChI is InChI=1S/C26H46N2O7/c1-6-10-20(22(28)29)11-8-12-21(24(31)34-18-17-33-23(30)19(3)4)13-9-14-26(5,7-2)25(32)35-16-15-27/h15,19-21,27H,6-14,16-18H2,1-5H3,(H2,28,29). The van der Waals surface area contributed by atoms with Crippen molar-refractivity contribution < 1.29 is 33.4 Å². The second-order valence-corrected chi connectivity index (χ2v) is 9.61. The molecule has 0 heterocycles. The molecule has 0 aromatic heterocycles. The molecule has 35 heavy (non-hydrogen) atoms. The lowest BCUT2D eigenvalue weighted by Crippen LogP contribution is -2.30. The van der Waals surface area contributed by atoms with E-state index in [1.807, 2.05) is 20.8 Å². The number of hydrogen-bond acceptors (Lipinski definition) is 8. The zero-order valence-corrected chi connectivity index (χ0v) is 22.2. The lowest BCUT2D eigenvalue weighted by Gasteiger charge is -2.26. The van der Waals surface area contributed by atoms with Crippen molar-refractivity contribution in [1.29, 1.82) is 5.41 Å². The van der Waals surface area contributed by atoms with E-state index in [1.54, 1.807) is 13.8 Å². The van der Waals surface area contributed by atoms with Crippen molar-refractivity contribution in [1.82, 2.24) is 0 Å². The fourth-order valence-corrected chi connectivity index (χ4v) is 3.79. The predicted molar refractivity (Wildman–Crippen MR) is 134 cm³/mol. The quantitative estimate of drug-likeness (QED) is 0.111. The van der Waals surface area contributed by atoms with Gasteiger partial charge in [-0.2, -0.15) is 0 Å². The van der Waals surface area contributed by atoms with Crippen molar-refractivity contribution in [3.8, 4) is 0 Å². The van der Waals surface area contributed by atoms with Gasteiger partial charge in [0.05, 0.1) is 17.3 Å². The molecule has 202 valence electrons. The molecule has 0 aliphatic carbocycles. The number of primary amides is 1. The van der Waals surface area contributed by atoms with Gasteiger partial charge in [-0.25, -0.2) is 0 Å². The number of carbonyl (C=O) groups excluding carboxylic acids is 4. The SMILES string of the molecule is CCCC(CCCC(CCCC(C)(CC)C(=O)OCC=N)C(=O)OCCOC(=O)C(C)C)C(N)=O. The summed E-state index contributed by atoms with van der Waals surface area (Å²) in [5, 5.41) is 7.05. The summed E-state index contributed by atoms with van der Waals surface area (Å²) in [6.07, 6.45) is 6.68. The van der Waals surface area contributed by atoms with Crippen molar-refractivity contribution in [2.24, 2.45) is 28.9 Å². The van der Waals surface area contributed by atoms with Gasteiger partial charge in [0.2, 0.25) is 5.91 Å². The maximum absolute atomic E-state index is 12.8. The smallest absolute Gasteiger partial charge is 0.312 e. The van der Waals surface area contributed by atoms with E-state index in [2.05, 4.69) is 0 Å². The van der Waals surface area contributed by atoms with E-state index in [0.29, 0.717) is 44.9 Å². The number of hydrogen-bond donors (Lipinski definition) is 2.